The Morgan fingerprint density at radius 3 is 2.60 bits per heavy atom. The quantitative estimate of drug-likeness (QED) is 0.471. The Balaban J connectivity index is 2.96. The summed E-state index contributed by atoms with van der Waals surface area (Å²) < 4.78 is 4.77. The third-order valence-corrected chi connectivity index (χ3v) is 2.47. The van der Waals surface area contributed by atoms with Crippen LogP contribution in [0, 0.1) is 0 Å². The van der Waals surface area contributed by atoms with Crippen molar-refractivity contribution in [1.29, 1.82) is 0 Å². The second-order valence-electron chi connectivity index (χ2n) is 3.97. The van der Waals surface area contributed by atoms with E-state index in [0.717, 1.165) is 5.56 Å². The van der Waals surface area contributed by atoms with Gasteiger partial charge in [0.25, 0.3) is 0 Å². The highest BCUT2D eigenvalue weighted by atomic mass is 16.5. The Labute approximate surface area is 117 Å². The average Bonchev–Trinajstić information content (AvgIpc) is 2.43. The first-order valence-corrected chi connectivity index (χ1v) is 6.01. The summed E-state index contributed by atoms with van der Waals surface area (Å²) in [6, 6.07) is 5.02. The molecule has 1 rings (SSSR count). The van der Waals surface area contributed by atoms with E-state index < -0.39 is 11.9 Å². The zero-order chi connectivity index (χ0) is 15.0. The number of allylic oxidation sites excluding steroid dienone is 1. The van der Waals surface area contributed by atoms with Crippen LogP contribution in [0.1, 0.15) is 21.5 Å². The summed E-state index contributed by atoms with van der Waals surface area (Å²) in [5.74, 6) is -1.59. The molecule has 0 saturated heterocycles. The highest BCUT2D eigenvalue weighted by Gasteiger charge is 2.09. The van der Waals surface area contributed by atoms with E-state index in [9.17, 15) is 14.7 Å². The topological polar surface area (TPSA) is 63.6 Å². The summed E-state index contributed by atoms with van der Waals surface area (Å²) in [5.41, 5.74) is 1.43. The van der Waals surface area contributed by atoms with E-state index in [0.29, 0.717) is 12.0 Å². The van der Waals surface area contributed by atoms with Gasteiger partial charge in [0, 0.05) is 6.08 Å². The Morgan fingerprint density at radius 1 is 1.25 bits per heavy atom. The van der Waals surface area contributed by atoms with Crippen molar-refractivity contribution in [2.45, 2.75) is 6.42 Å². The predicted octanol–water partition coefficient (Wildman–Crippen LogP) is 2.86. The molecule has 4 nitrogen and oxygen atoms in total. The molecule has 0 spiro atoms. The van der Waals surface area contributed by atoms with Gasteiger partial charge in [-0.25, -0.2) is 9.59 Å². The Morgan fingerprint density at radius 2 is 2.00 bits per heavy atom. The highest BCUT2D eigenvalue weighted by molar-refractivity contribution is 5.95. The molecule has 0 amide bonds. The molecule has 0 heterocycles. The van der Waals surface area contributed by atoms with Gasteiger partial charge in [0.2, 0.25) is 0 Å². The molecule has 1 aromatic rings. The summed E-state index contributed by atoms with van der Waals surface area (Å²) in [5, 5.41) is 9.18. The third kappa shape index (κ3) is 4.57. The number of rotatable bonds is 7. The van der Waals surface area contributed by atoms with Gasteiger partial charge in [-0.05, 0) is 29.7 Å². The predicted molar refractivity (Wildman–Crippen MR) is 77.5 cm³/mol. The van der Waals surface area contributed by atoms with Crippen molar-refractivity contribution in [1.82, 2.24) is 0 Å². The normalized spacial score (nSPS) is 10.2. The van der Waals surface area contributed by atoms with E-state index in [-0.39, 0.29) is 12.2 Å². The number of carbonyl (C=O) groups is 2. The van der Waals surface area contributed by atoms with Crippen LogP contribution in [-0.2, 0) is 16.0 Å². The van der Waals surface area contributed by atoms with Crippen LogP contribution in [0.5, 0.6) is 0 Å². The van der Waals surface area contributed by atoms with E-state index in [1.54, 1.807) is 24.3 Å². The van der Waals surface area contributed by atoms with Crippen molar-refractivity contribution in [3.63, 3.8) is 0 Å². The minimum Gasteiger partial charge on any atom is -0.478 e. The van der Waals surface area contributed by atoms with Gasteiger partial charge in [-0.3, -0.25) is 0 Å². The third-order valence-electron chi connectivity index (χ3n) is 2.47. The fourth-order valence-electron chi connectivity index (χ4n) is 1.57. The molecule has 0 aliphatic rings. The maximum absolute atomic E-state index is 11.3. The lowest BCUT2D eigenvalue weighted by Gasteiger charge is -2.04. The van der Waals surface area contributed by atoms with Gasteiger partial charge < -0.3 is 9.84 Å². The molecular formula is C16H16O4. The lowest BCUT2D eigenvalue weighted by molar-refractivity contribution is -0.136. The maximum atomic E-state index is 11.3. The van der Waals surface area contributed by atoms with Gasteiger partial charge in [0.15, 0.2) is 0 Å². The minimum atomic E-state index is -1.05. The van der Waals surface area contributed by atoms with E-state index in [1.807, 2.05) is 0 Å². The Hall–Kier alpha value is -2.62. The van der Waals surface area contributed by atoms with Crippen LogP contribution >= 0.6 is 0 Å². The molecule has 104 valence electrons. The fraction of sp³-hybridized carbons (Fsp3) is 0.125. The van der Waals surface area contributed by atoms with Gasteiger partial charge in [-0.1, -0.05) is 30.9 Å². The molecule has 4 heteroatoms. The van der Waals surface area contributed by atoms with Gasteiger partial charge in [-0.15, -0.1) is 6.58 Å². The van der Waals surface area contributed by atoms with Crippen LogP contribution in [0.3, 0.4) is 0 Å². The number of carbonyl (C=O) groups excluding carboxylic acids is 1. The Kier molecular flexibility index (Phi) is 5.97. The number of hydrogen-bond acceptors (Lipinski definition) is 3. The molecule has 0 unspecified atom stereocenters. The second-order valence-corrected chi connectivity index (χ2v) is 3.97. The van der Waals surface area contributed by atoms with Crippen LogP contribution in [0.4, 0.5) is 0 Å². The van der Waals surface area contributed by atoms with Crippen molar-refractivity contribution in [2.24, 2.45) is 0 Å². The molecule has 0 saturated carbocycles. The highest BCUT2D eigenvalue weighted by Crippen LogP contribution is 2.15. The number of ether oxygens (including phenoxy) is 1. The summed E-state index contributed by atoms with van der Waals surface area (Å²) in [7, 11) is 0. The van der Waals surface area contributed by atoms with Gasteiger partial charge >= 0.3 is 11.9 Å². The first-order chi connectivity index (χ1) is 9.58. The van der Waals surface area contributed by atoms with Crippen molar-refractivity contribution in [2.75, 3.05) is 6.61 Å². The molecule has 0 aliphatic heterocycles. The summed E-state index contributed by atoms with van der Waals surface area (Å²) >= 11 is 0. The first kappa shape index (κ1) is 15.4. The number of carboxylic acids is 1. The van der Waals surface area contributed by atoms with E-state index in [2.05, 4.69) is 13.2 Å². The van der Waals surface area contributed by atoms with Crippen molar-refractivity contribution in [3.8, 4) is 0 Å². The molecule has 1 N–H and O–H groups in total. The van der Waals surface area contributed by atoms with E-state index in [4.69, 9.17) is 4.74 Å². The molecular weight excluding hydrogens is 256 g/mol. The molecule has 0 radical (unpaired) electrons. The number of esters is 1. The van der Waals surface area contributed by atoms with Crippen molar-refractivity contribution < 1.29 is 19.4 Å². The monoisotopic (exact) mass is 272 g/mol. The molecule has 0 aliphatic carbocycles. The molecule has 0 fully saturated rings. The van der Waals surface area contributed by atoms with Gasteiger partial charge in [0.05, 0.1) is 5.56 Å². The number of aromatic carboxylic acids is 1. The van der Waals surface area contributed by atoms with Crippen LogP contribution < -0.4 is 0 Å². The minimum absolute atomic E-state index is 0.118. The molecule has 0 atom stereocenters. The molecule has 1 aromatic carbocycles. The standard InChI is InChI=1S/C16H16O4/c1-3-5-12-6-7-13(14(11-12)16(18)19)8-9-15(17)20-10-4-2/h3-4,6-9,11H,1-2,5,10H2,(H,18,19). The second kappa shape index (κ2) is 7.74. The van der Waals surface area contributed by atoms with Gasteiger partial charge in [0.1, 0.15) is 6.61 Å². The summed E-state index contributed by atoms with van der Waals surface area (Å²) in [4.78, 5) is 22.5. The number of carboxylic acid groups (broad SMARTS) is 1. The number of benzene rings is 1. The molecule has 20 heavy (non-hydrogen) atoms. The first-order valence-electron chi connectivity index (χ1n) is 6.01. The Bertz CT molecular complexity index is 556. The fourth-order valence-corrected chi connectivity index (χ4v) is 1.57. The van der Waals surface area contributed by atoms with Crippen LogP contribution in [0.25, 0.3) is 6.08 Å². The zero-order valence-corrected chi connectivity index (χ0v) is 11.0. The lowest BCUT2D eigenvalue weighted by Crippen LogP contribution is -2.02. The molecule has 0 bridgehead atoms. The summed E-state index contributed by atoms with van der Waals surface area (Å²) in [6.07, 6.45) is 6.36. The largest absolute Gasteiger partial charge is 0.478 e. The molecule has 0 aromatic heterocycles. The summed E-state index contributed by atoms with van der Waals surface area (Å²) in [6.45, 7) is 7.16. The van der Waals surface area contributed by atoms with Crippen molar-refractivity contribution >= 4 is 18.0 Å². The zero-order valence-electron chi connectivity index (χ0n) is 11.0. The van der Waals surface area contributed by atoms with Gasteiger partial charge in [-0.2, -0.15) is 0 Å². The lowest BCUT2D eigenvalue weighted by atomic mass is 10.0. The van der Waals surface area contributed by atoms with E-state index in [1.165, 1.54) is 18.2 Å². The van der Waals surface area contributed by atoms with Crippen LogP contribution in [0.2, 0.25) is 0 Å². The van der Waals surface area contributed by atoms with Crippen LogP contribution in [0.15, 0.2) is 49.6 Å². The number of hydrogen-bond donors (Lipinski definition) is 1. The average molecular weight is 272 g/mol. The maximum Gasteiger partial charge on any atom is 0.336 e. The smallest absolute Gasteiger partial charge is 0.336 e. The SMILES string of the molecule is C=CCOC(=O)C=Cc1ccc(CC=C)cc1C(=O)O. The van der Waals surface area contributed by atoms with Crippen molar-refractivity contribution in [3.05, 3.63) is 66.3 Å². The van der Waals surface area contributed by atoms with Crippen LogP contribution in [-0.4, -0.2) is 23.7 Å². The van der Waals surface area contributed by atoms with E-state index >= 15 is 0 Å².